The van der Waals surface area contributed by atoms with Gasteiger partial charge in [0.05, 0.1) is 27.0 Å². The molecule has 2 rings (SSSR count). The number of hydrogen-bond donors (Lipinski definition) is 2. The van der Waals surface area contributed by atoms with Crippen LogP contribution in [0.25, 0.3) is 0 Å². The molecule has 0 saturated carbocycles. The van der Waals surface area contributed by atoms with Crippen molar-refractivity contribution in [2.75, 3.05) is 26.6 Å². The highest BCUT2D eigenvalue weighted by Gasteiger charge is 2.23. The Kier molecular flexibility index (Phi) is 6.67. The summed E-state index contributed by atoms with van der Waals surface area (Å²) in [4.78, 5) is 13.6. The quantitative estimate of drug-likeness (QED) is 0.794. The molecule has 1 amide bonds. The molecular formula is C19H24ClN2O3+. The molecule has 134 valence electrons. The first kappa shape index (κ1) is 19.1. The van der Waals surface area contributed by atoms with Gasteiger partial charge in [0.25, 0.3) is 5.91 Å². The molecule has 0 radical (unpaired) electrons. The second-order valence-corrected chi connectivity index (χ2v) is 6.36. The van der Waals surface area contributed by atoms with Crippen LogP contribution in [-0.2, 0) is 11.3 Å². The maximum absolute atomic E-state index is 12.6. The number of methoxy groups -OCH3 is 2. The zero-order valence-corrected chi connectivity index (χ0v) is 15.7. The molecule has 6 heteroatoms. The van der Waals surface area contributed by atoms with E-state index in [0.717, 1.165) is 22.8 Å². The second kappa shape index (κ2) is 8.74. The Morgan fingerprint density at radius 1 is 1.16 bits per heavy atom. The summed E-state index contributed by atoms with van der Waals surface area (Å²) in [6, 6.07) is 12.8. The number of quaternary nitrogens is 1. The topological polar surface area (TPSA) is 52.0 Å². The molecule has 5 nitrogen and oxygen atoms in total. The van der Waals surface area contributed by atoms with Gasteiger partial charge in [0, 0.05) is 10.6 Å². The number of hydrogen-bond acceptors (Lipinski definition) is 3. The Hall–Kier alpha value is -2.24. The molecule has 0 aliphatic rings. The van der Waals surface area contributed by atoms with Gasteiger partial charge in [-0.25, -0.2) is 0 Å². The fourth-order valence-corrected chi connectivity index (χ4v) is 2.63. The number of benzene rings is 2. The Balaban J connectivity index is 2.02. The number of likely N-dealkylation sites (N-methyl/N-ethyl adjacent to an activating group) is 1. The van der Waals surface area contributed by atoms with E-state index in [-0.39, 0.29) is 11.9 Å². The van der Waals surface area contributed by atoms with Gasteiger partial charge in [-0.3, -0.25) is 4.79 Å². The first-order valence-electron chi connectivity index (χ1n) is 8.04. The summed E-state index contributed by atoms with van der Waals surface area (Å²) < 4.78 is 10.4. The molecular weight excluding hydrogens is 340 g/mol. The van der Waals surface area contributed by atoms with Crippen LogP contribution in [0.1, 0.15) is 12.5 Å². The van der Waals surface area contributed by atoms with E-state index in [4.69, 9.17) is 21.1 Å². The highest BCUT2D eigenvalue weighted by atomic mass is 35.5. The summed E-state index contributed by atoms with van der Waals surface area (Å²) in [6.45, 7) is 2.62. The van der Waals surface area contributed by atoms with E-state index >= 15 is 0 Å². The highest BCUT2D eigenvalue weighted by molar-refractivity contribution is 6.31. The SMILES string of the molecule is COc1ccc(C[NH+](C)[C@H](C)C(=O)Nc2cc(Cl)ccc2OC)cc1. The first-order chi connectivity index (χ1) is 11.9. The van der Waals surface area contributed by atoms with E-state index < -0.39 is 0 Å². The maximum atomic E-state index is 12.6. The van der Waals surface area contributed by atoms with Crippen molar-refractivity contribution in [2.24, 2.45) is 0 Å². The van der Waals surface area contributed by atoms with Gasteiger partial charge in [-0.15, -0.1) is 0 Å². The van der Waals surface area contributed by atoms with Crippen LogP contribution in [0.3, 0.4) is 0 Å². The fraction of sp³-hybridized carbons (Fsp3) is 0.316. The van der Waals surface area contributed by atoms with Crippen LogP contribution in [0.5, 0.6) is 11.5 Å². The summed E-state index contributed by atoms with van der Waals surface area (Å²) in [5.41, 5.74) is 1.71. The van der Waals surface area contributed by atoms with E-state index in [1.807, 2.05) is 38.2 Å². The number of carbonyl (C=O) groups is 1. The molecule has 2 aromatic rings. The number of anilines is 1. The van der Waals surface area contributed by atoms with Crippen molar-refractivity contribution in [1.82, 2.24) is 0 Å². The van der Waals surface area contributed by atoms with Gasteiger partial charge in [0.15, 0.2) is 6.04 Å². The highest BCUT2D eigenvalue weighted by Crippen LogP contribution is 2.27. The summed E-state index contributed by atoms with van der Waals surface area (Å²) in [6.07, 6.45) is 0. The zero-order valence-electron chi connectivity index (χ0n) is 14.9. The Bertz CT molecular complexity index is 719. The Labute approximate surface area is 153 Å². The van der Waals surface area contributed by atoms with E-state index in [0.29, 0.717) is 16.5 Å². The van der Waals surface area contributed by atoms with Crippen molar-refractivity contribution in [3.05, 3.63) is 53.1 Å². The van der Waals surface area contributed by atoms with Gasteiger partial charge in [-0.05, 0) is 49.4 Å². The average molecular weight is 364 g/mol. The van der Waals surface area contributed by atoms with E-state index in [1.54, 1.807) is 32.4 Å². The standard InChI is InChI=1S/C19H23ClN2O3/c1-13(22(2)12-14-5-8-16(24-3)9-6-14)19(23)21-17-11-15(20)7-10-18(17)25-4/h5-11,13H,12H2,1-4H3,(H,21,23)/p+1/t13-/m1/s1. The fourth-order valence-electron chi connectivity index (χ4n) is 2.46. The van der Waals surface area contributed by atoms with Crippen molar-refractivity contribution in [2.45, 2.75) is 19.5 Å². The number of ether oxygens (including phenoxy) is 2. The van der Waals surface area contributed by atoms with Crippen LogP contribution in [0.15, 0.2) is 42.5 Å². The van der Waals surface area contributed by atoms with Crippen LogP contribution in [0.4, 0.5) is 5.69 Å². The van der Waals surface area contributed by atoms with Crippen LogP contribution in [0, 0.1) is 0 Å². The summed E-state index contributed by atoms with van der Waals surface area (Å²) >= 11 is 6.01. The van der Waals surface area contributed by atoms with E-state index in [2.05, 4.69) is 5.32 Å². The monoisotopic (exact) mass is 363 g/mol. The Morgan fingerprint density at radius 3 is 2.44 bits per heavy atom. The average Bonchev–Trinajstić information content (AvgIpc) is 2.61. The second-order valence-electron chi connectivity index (χ2n) is 5.93. The smallest absolute Gasteiger partial charge is 0.282 e. The molecule has 0 spiro atoms. The minimum Gasteiger partial charge on any atom is -0.497 e. The summed E-state index contributed by atoms with van der Waals surface area (Å²) in [5, 5.41) is 3.44. The van der Waals surface area contributed by atoms with Crippen molar-refractivity contribution in [3.8, 4) is 11.5 Å². The molecule has 0 aromatic heterocycles. The van der Waals surface area contributed by atoms with Crippen LogP contribution >= 0.6 is 11.6 Å². The van der Waals surface area contributed by atoms with Gasteiger partial charge in [0.1, 0.15) is 18.0 Å². The largest absolute Gasteiger partial charge is 0.497 e. The first-order valence-corrected chi connectivity index (χ1v) is 8.42. The van der Waals surface area contributed by atoms with Gasteiger partial charge < -0.3 is 19.7 Å². The van der Waals surface area contributed by atoms with Gasteiger partial charge in [-0.2, -0.15) is 0 Å². The number of nitrogens with one attached hydrogen (secondary N) is 2. The lowest BCUT2D eigenvalue weighted by Gasteiger charge is -2.21. The Morgan fingerprint density at radius 2 is 1.84 bits per heavy atom. The maximum Gasteiger partial charge on any atom is 0.282 e. The van der Waals surface area contributed by atoms with Crippen molar-refractivity contribution >= 4 is 23.2 Å². The third-order valence-electron chi connectivity index (χ3n) is 4.19. The lowest BCUT2D eigenvalue weighted by molar-refractivity contribution is -0.907. The van der Waals surface area contributed by atoms with Crippen molar-refractivity contribution in [3.63, 3.8) is 0 Å². The van der Waals surface area contributed by atoms with E-state index in [1.165, 1.54) is 0 Å². The lowest BCUT2D eigenvalue weighted by atomic mass is 10.1. The van der Waals surface area contributed by atoms with Gasteiger partial charge in [-0.1, -0.05) is 11.6 Å². The molecule has 0 aliphatic heterocycles. The predicted octanol–water partition coefficient (Wildman–Crippen LogP) is 2.40. The zero-order chi connectivity index (χ0) is 18.4. The number of halogens is 1. The lowest BCUT2D eigenvalue weighted by Crippen LogP contribution is -3.12. The molecule has 2 N–H and O–H groups in total. The molecule has 1 unspecified atom stereocenters. The van der Waals surface area contributed by atoms with E-state index in [9.17, 15) is 4.79 Å². The minimum atomic E-state index is -0.245. The summed E-state index contributed by atoms with van der Waals surface area (Å²) in [7, 11) is 5.19. The van der Waals surface area contributed by atoms with Crippen molar-refractivity contribution in [1.29, 1.82) is 0 Å². The van der Waals surface area contributed by atoms with Crippen LogP contribution in [-0.4, -0.2) is 33.2 Å². The molecule has 25 heavy (non-hydrogen) atoms. The van der Waals surface area contributed by atoms with Gasteiger partial charge in [0.2, 0.25) is 0 Å². The molecule has 2 atom stereocenters. The summed E-state index contributed by atoms with van der Waals surface area (Å²) in [5.74, 6) is 1.31. The molecule has 0 heterocycles. The van der Waals surface area contributed by atoms with Crippen LogP contribution < -0.4 is 19.7 Å². The third kappa shape index (κ3) is 5.11. The van der Waals surface area contributed by atoms with Crippen LogP contribution in [0.2, 0.25) is 5.02 Å². The molecule has 2 aromatic carbocycles. The number of rotatable bonds is 7. The predicted molar refractivity (Wildman–Crippen MR) is 99.7 cm³/mol. The normalized spacial score (nSPS) is 13.0. The molecule has 0 fully saturated rings. The number of amides is 1. The molecule has 0 aliphatic carbocycles. The molecule has 0 saturated heterocycles. The number of carbonyl (C=O) groups excluding carboxylic acids is 1. The van der Waals surface area contributed by atoms with Gasteiger partial charge >= 0.3 is 0 Å². The molecule has 0 bridgehead atoms. The minimum absolute atomic E-state index is 0.0911. The third-order valence-corrected chi connectivity index (χ3v) is 4.43. The van der Waals surface area contributed by atoms with Crippen molar-refractivity contribution < 1.29 is 19.2 Å².